The van der Waals surface area contributed by atoms with Gasteiger partial charge in [-0.2, -0.15) is 0 Å². The van der Waals surface area contributed by atoms with Gasteiger partial charge in [0.1, 0.15) is 17.4 Å². The highest BCUT2D eigenvalue weighted by Gasteiger charge is 2.30. The van der Waals surface area contributed by atoms with Gasteiger partial charge in [0.05, 0.1) is 43.3 Å². The van der Waals surface area contributed by atoms with Crippen LogP contribution < -0.4 is 10.1 Å². The Morgan fingerprint density at radius 1 is 1.20 bits per heavy atom. The minimum Gasteiger partial charge on any atom is -0.497 e. The number of benzene rings is 1. The molecule has 1 amide bonds. The van der Waals surface area contributed by atoms with Gasteiger partial charge < -0.3 is 15.0 Å². The molecule has 4 rings (SSSR count). The van der Waals surface area contributed by atoms with E-state index in [4.69, 9.17) is 4.74 Å². The molecule has 0 bridgehead atoms. The van der Waals surface area contributed by atoms with Crippen molar-refractivity contribution >= 4 is 17.4 Å². The summed E-state index contributed by atoms with van der Waals surface area (Å²) in [4.78, 5) is 23.4. The molecule has 1 aliphatic heterocycles. The van der Waals surface area contributed by atoms with Gasteiger partial charge in [-0.25, -0.2) is 9.37 Å². The van der Waals surface area contributed by atoms with Crippen LogP contribution in [-0.4, -0.2) is 34.4 Å². The Balaban J connectivity index is 1.43. The highest BCUT2D eigenvalue weighted by molar-refractivity contribution is 5.79. The Bertz CT molecular complexity index is 1010. The maximum Gasteiger partial charge on any atom is 0.227 e. The number of methoxy groups -OCH3 is 1. The lowest BCUT2D eigenvalue weighted by Gasteiger charge is -2.24. The van der Waals surface area contributed by atoms with Gasteiger partial charge in [0.25, 0.3) is 0 Å². The summed E-state index contributed by atoms with van der Waals surface area (Å²) in [5, 5.41) is 3.09. The first-order chi connectivity index (χ1) is 14.6. The monoisotopic (exact) mass is 406 g/mol. The van der Waals surface area contributed by atoms with Gasteiger partial charge in [-0.05, 0) is 54.8 Å². The number of nitrogens with one attached hydrogen (secondary N) is 1. The number of ether oxygens (including phenoxy) is 1. The van der Waals surface area contributed by atoms with E-state index in [1.165, 1.54) is 6.07 Å². The standard InChI is InChI=1S/C23H23FN4O2/c1-30-19-5-2-4-16(12-19)13-23(29)28-11-3-6-21(28)20-9-8-18(15-25-20)27-22-10-7-17(24)14-26-22/h2,4-5,7-10,12,14-15,21H,3,6,11,13H2,1H3,(H,26,27). The van der Waals surface area contributed by atoms with Crippen LogP contribution in [0.4, 0.5) is 15.9 Å². The smallest absolute Gasteiger partial charge is 0.227 e. The highest BCUT2D eigenvalue weighted by atomic mass is 19.1. The largest absolute Gasteiger partial charge is 0.497 e. The summed E-state index contributed by atoms with van der Waals surface area (Å²) in [7, 11) is 1.62. The fourth-order valence-corrected chi connectivity index (χ4v) is 3.71. The van der Waals surface area contributed by atoms with Crippen molar-refractivity contribution in [2.24, 2.45) is 0 Å². The molecule has 0 radical (unpaired) electrons. The SMILES string of the molecule is COc1cccc(CC(=O)N2CCCC2c2ccc(Nc3ccc(F)cn3)cn2)c1. The minimum atomic E-state index is -0.381. The van der Waals surface area contributed by atoms with E-state index in [0.717, 1.165) is 48.3 Å². The second-order valence-electron chi connectivity index (χ2n) is 7.23. The molecular formula is C23H23FN4O2. The fourth-order valence-electron chi connectivity index (χ4n) is 3.71. The van der Waals surface area contributed by atoms with Gasteiger partial charge in [0.2, 0.25) is 5.91 Å². The zero-order chi connectivity index (χ0) is 20.9. The maximum atomic E-state index is 13.0. The van der Waals surface area contributed by atoms with Crippen LogP contribution in [0.3, 0.4) is 0 Å². The van der Waals surface area contributed by atoms with Crippen LogP contribution in [0.2, 0.25) is 0 Å². The summed E-state index contributed by atoms with van der Waals surface area (Å²) >= 11 is 0. The first kappa shape index (κ1) is 19.8. The number of hydrogen-bond donors (Lipinski definition) is 1. The lowest BCUT2D eigenvalue weighted by Crippen LogP contribution is -2.32. The molecular weight excluding hydrogens is 383 g/mol. The van der Waals surface area contributed by atoms with Crippen LogP contribution in [0.25, 0.3) is 0 Å². The Hall–Kier alpha value is -3.48. The summed E-state index contributed by atoms with van der Waals surface area (Å²) in [5.41, 5.74) is 2.55. The molecule has 1 unspecified atom stereocenters. The quantitative estimate of drug-likeness (QED) is 0.662. The number of pyridine rings is 2. The van der Waals surface area contributed by atoms with Gasteiger partial charge in [-0.15, -0.1) is 0 Å². The molecule has 1 aromatic carbocycles. The van der Waals surface area contributed by atoms with E-state index >= 15 is 0 Å². The van der Waals surface area contributed by atoms with Crippen molar-refractivity contribution in [2.75, 3.05) is 19.0 Å². The Kier molecular flexibility index (Phi) is 5.88. The number of amides is 1. The van der Waals surface area contributed by atoms with Crippen LogP contribution in [0.5, 0.6) is 5.75 Å². The van der Waals surface area contributed by atoms with Crippen LogP contribution in [0, 0.1) is 5.82 Å². The molecule has 3 aromatic rings. The molecule has 1 N–H and O–H groups in total. The molecule has 7 heteroatoms. The van der Waals surface area contributed by atoms with Crippen molar-refractivity contribution in [3.05, 3.63) is 78.0 Å². The van der Waals surface area contributed by atoms with E-state index in [2.05, 4.69) is 15.3 Å². The second-order valence-corrected chi connectivity index (χ2v) is 7.23. The highest BCUT2D eigenvalue weighted by Crippen LogP contribution is 2.32. The molecule has 0 spiro atoms. The Morgan fingerprint density at radius 2 is 2.10 bits per heavy atom. The molecule has 1 saturated heterocycles. The molecule has 6 nitrogen and oxygen atoms in total. The van der Waals surface area contributed by atoms with Crippen LogP contribution in [0.15, 0.2) is 60.9 Å². The third-order valence-electron chi connectivity index (χ3n) is 5.19. The zero-order valence-electron chi connectivity index (χ0n) is 16.7. The Labute approximate surface area is 174 Å². The Morgan fingerprint density at radius 3 is 2.83 bits per heavy atom. The number of likely N-dealkylation sites (tertiary alicyclic amines) is 1. The molecule has 1 aliphatic rings. The topological polar surface area (TPSA) is 67.3 Å². The van der Waals surface area contributed by atoms with Gasteiger partial charge in [0, 0.05) is 6.54 Å². The van der Waals surface area contributed by atoms with Crippen molar-refractivity contribution in [1.29, 1.82) is 0 Å². The van der Waals surface area contributed by atoms with Gasteiger partial charge in [0.15, 0.2) is 0 Å². The molecule has 0 aliphatic carbocycles. The lowest BCUT2D eigenvalue weighted by molar-refractivity contribution is -0.131. The van der Waals surface area contributed by atoms with Gasteiger partial charge in [-0.1, -0.05) is 12.1 Å². The van der Waals surface area contributed by atoms with Crippen LogP contribution in [0.1, 0.15) is 30.1 Å². The summed E-state index contributed by atoms with van der Waals surface area (Å²) in [6.07, 6.45) is 5.06. The van der Waals surface area contributed by atoms with Crippen molar-refractivity contribution < 1.29 is 13.9 Å². The predicted molar refractivity (Wildman–Crippen MR) is 112 cm³/mol. The summed E-state index contributed by atoms with van der Waals surface area (Å²) in [6.45, 7) is 0.731. The number of hydrogen-bond acceptors (Lipinski definition) is 5. The molecule has 1 fully saturated rings. The summed E-state index contributed by atoms with van der Waals surface area (Å²) < 4.78 is 18.2. The van der Waals surface area contributed by atoms with E-state index in [1.54, 1.807) is 19.4 Å². The third-order valence-corrected chi connectivity index (χ3v) is 5.19. The maximum absolute atomic E-state index is 13.0. The number of carbonyl (C=O) groups excluding carboxylic acids is 1. The van der Waals surface area contributed by atoms with Crippen molar-refractivity contribution in [3.8, 4) is 5.75 Å². The van der Waals surface area contributed by atoms with E-state index < -0.39 is 0 Å². The van der Waals surface area contributed by atoms with E-state index in [0.29, 0.717) is 12.2 Å². The molecule has 1 atom stereocenters. The normalized spacial score (nSPS) is 15.8. The summed E-state index contributed by atoms with van der Waals surface area (Å²) in [5.74, 6) is 1.000. The average molecular weight is 406 g/mol. The minimum absolute atomic E-state index is 0.0268. The molecule has 3 heterocycles. The van der Waals surface area contributed by atoms with E-state index in [1.807, 2.05) is 41.3 Å². The van der Waals surface area contributed by atoms with E-state index in [9.17, 15) is 9.18 Å². The second kappa shape index (κ2) is 8.90. The lowest BCUT2D eigenvalue weighted by atomic mass is 10.1. The first-order valence-corrected chi connectivity index (χ1v) is 9.89. The van der Waals surface area contributed by atoms with Crippen LogP contribution in [-0.2, 0) is 11.2 Å². The number of aromatic nitrogens is 2. The number of nitrogens with zero attached hydrogens (tertiary/aromatic N) is 3. The first-order valence-electron chi connectivity index (χ1n) is 9.89. The zero-order valence-corrected chi connectivity index (χ0v) is 16.7. The molecule has 154 valence electrons. The van der Waals surface area contributed by atoms with Crippen LogP contribution >= 0.6 is 0 Å². The number of anilines is 2. The molecule has 30 heavy (non-hydrogen) atoms. The van der Waals surface area contributed by atoms with Crippen molar-refractivity contribution in [3.63, 3.8) is 0 Å². The van der Waals surface area contributed by atoms with Gasteiger partial charge in [-0.3, -0.25) is 9.78 Å². The number of halogens is 1. The predicted octanol–water partition coefficient (Wildman–Crippen LogP) is 4.27. The van der Waals surface area contributed by atoms with E-state index in [-0.39, 0.29) is 17.8 Å². The molecule has 0 saturated carbocycles. The van der Waals surface area contributed by atoms with Gasteiger partial charge >= 0.3 is 0 Å². The third kappa shape index (κ3) is 4.56. The number of carbonyl (C=O) groups is 1. The van der Waals surface area contributed by atoms with Crippen molar-refractivity contribution in [2.45, 2.75) is 25.3 Å². The summed E-state index contributed by atoms with van der Waals surface area (Å²) in [6, 6.07) is 14.3. The number of rotatable bonds is 6. The van der Waals surface area contributed by atoms with Crippen molar-refractivity contribution in [1.82, 2.24) is 14.9 Å². The molecule has 2 aromatic heterocycles. The fraction of sp³-hybridized carbons (Fsp3) is 0.261. The average Bonchev–Trinajstić information content (AvgIpc) is 3.26.